The van der Waals surface area contributed by atoms with Crippen molar-refractivity contribution in [2.45, 2.75) is 65.8 Å². The number of fused-ring (bicyclic) bond motifs is 3. The van der Waals surface area contributed by atoms with Gasteiger partial charge in [-0.15, -0.1) is 0 Å². The summed E-state index contributed by atoms with van der Waals surface area (Å²) in [7, 11) is 0. The van der Waals surface area contributed by atoms with E-state index in [0.29, 0.717) is 17.1 Å². The van der Waals surface area contributed by atoms with Crippen molar-refractivity contribution in [1.82, 2.24) is 0 Å². The Morgan fingerprint density at radius 1 is 1.35 bits per heavy atom. The number of hydrogen-bond donors (Lipinski definition) is 3. The zero-order valence-corrected chi connectivity index (χ0v) is 19.2. The van der Waals surface area contributed by atoms with Gasteiger partial charge in [0.05, 0.1) is 12.0 Å². The van der Waals surface area contributed by atoms with Crippen LogP contribution in [0.5, 0.6) is 0 Å². The molecule has 0 aliphatic heterocycles. The van der Waals surface area contributed by atoms with Crippen molar-refractivity contribution >= 4 is 11.8 Å². The number of carbonyl (C=O) groups is 2. The lowest BCUT2D eigenvalue weighted by atomic mass is 9.59. The Hall–Kier alpha value is -1.76. The monoisotopic (exact) mass is 430 g/mol. The van der Waals surface area contributed by atoms with E-state index in [1.807, 2.05) is 6.92 Å². The molecule has 0 heterocycles. The lowest BCUT2D eigenvalue weighted by molar-refractivity contribution is -0.201. The van der Waals surface area contributed by atoms with E-state index in [4.69, 9.17) is 4.74 Å². The van der Waals surface area contributed by atoms with Gasteiger partial charge in [0.25, 0.3) is 0 Å². The third-order valence-electron chi connectivity index (χ3n) is 8.88. The second kappa shape index (κ2) is 6.87. The number of hydrogen-bond acceptors (Lipinski definition) is 6. The van der Waals surface area contributed by atoms with Crippen molar-refractivity contribution in [2.75, 3.05) is 6.61 Å². The molecular weight excluding hydrogens is 396 g/mol. The predicted octanol–water partition coefficient (Wildman–Crippen LogP) is 2.33. The molecule has 4 aliphatic rings. The molecule has 4 rings (SSSR count). The molecule has 0 aromatic carbocycles. The second-order valence-electron chi connectivity index (χ2n) is 10.6. The maximum absolute atomic E-state index is 14.2. The normalized spacial score (nSPS) is 45.6. The fourth-order valence-corrected chi connectivity index (χ4v) is 6.91. The van der Waals surface area contributed by atoms with Crippen molar-refractivity contribution in [1.29, 1.82) is 0 Å². The predicted molar refractivity (Wildman–Crippen MR) is 115 cm³/mol. The number of ether oxygens (including phenoxy) is 1. The van der Waals surface area contributed by atoms with Gasteiger partial charge in [0.2, 0.25) is 0 Å². The molecule has 0 aromatic rings. The summed E-state index contributed by atoms with van der Waals surface area (Å²) >= 11 is 0. The van der Waals surface area contributed by atoms with Crippen LogP contribution in [0.2, 0.25) is 0 Å². The van der Waals surface area contributed by atoms with Gasteiger partial charge in [0.15, 0.2) is 17.5 Å². The first-order chi connectivity index (χ1) is 14.4. The van der Waals surface area contributed by atoms with E-state index in [-0.39, 0.29) is 28.6 Å². The van der Waals surface area contributed by atoms with Crippen LogP contribution in [0.3, 0.4) is 0 Å². The van der Waals surface area contributed by atoms with Gasteiger partial charge in [-0.2, -0.15) is 0 Å². The summed E-state index contributed by atoms with van der Waals surface area (Å²) in [5.74, 6) is -1.13. The minimum absolute atomic E-state index is 0.0209. The quantitative estimate of drug-likeness (QED) is 0.361. The first-order valence-corrected chi connectivity index (χ1v) is 11.2. The molecule has 4 aliphatic carbocycles. The van der Waals surface area contributed by atoms with Crippen molar-refractivity contribution in [3.05, 3.63) is 34.9 Å². The maximum atomic E-state index is 14.2. The number of ketones is 1. The number of aliphatic hydroxyl groups is 3. The van der Waals surface area contributed by atoms with Gasteiger partial charge in [-0.05, 0) is 61.5 Å². The first kappa shape index (κ1) is 22.4. The van der Waals surface area contributed by atoms with E-state index in [9.17, 15) is 24.9 Å². The Morgan fingerprint density at radius 2 is 2.00 bits per heavy atom. The van der Waals surface area contributed by atoms with Crippen LogP contribution in [-0.4, -0.2) is 51.5 Å². The number of Topliss-reactive ketones (excluding diaryl/α,β-unsaturated/α-hetero) is 1. The van der Waals surface area contributed by atoms with E-state index >= 15 is 0 Å². The zero-order chi connectivity index (χ0) is 23.1. The van der Waals surface area contributed by atoms with Crippen LogP contribution in [0.15, 0.2) is 34.9 Å². The van der Waals surface area contributed by atoms with Gasteiger partial charge < -0.3 is 20.1 Å². The minimum atomic E-state index is -2.08. The molecule has 0 aromatic heterocycles. The minimum Gasteiger partial charge on any atom is -0.451 e. The Balaban J connectivity index is 1.91. The molecule has 0 radical (unpaired) electrons. The molecule has 1 spiro atoms. The third-order valence-corrected chi connectivity index (χ3v) is 8.88. The second-order valence-corrected chi connectivity index (χ2v) is 10.6. The average Bonchev–Trinajstić information content (AvgIpc) is 3.21. The largest absolute Gasteiger partial charge is 0.451 e. The summed E-state index contributed by atoms with van der Waals surface area (Å²) < 4.78 is 5.72. The van der Waals surface area contributed by atoms with Crippen LogP contribution in [0, 0.1) is 34.5 Å². The van der Waals surface area contributed by atoms with E-state index in [1.54, 1.807) is 39.0 Å². The van der Waals surface area contributed by atoms with Crippen LogP contribution >= 0.6 is 0 Å². The highest BCUT2D eigenvalue weighted by Crippen LogP contribution is 2.71. The summed E-state index contributed by atoms with van der Waals surface area (Å²) in [6.45, 7) is 10.8. The molecule has 6 nitrogen and oxygen atoms in total. The highest BCUT2D eigenvalue weighted by atomic mass is 16.6. The van der Waals surface area contributed by atoms with Crippen LogP contribution in [0.4, 0.5) is 0 Å². The molecule has 8 atom stereocenters. The van der Waals surface area contributed by atoms with Crippen molar-refractivity contribution in [2.24, 2.45) is 34.5 Å². The number of rotatable bonds is 3. The van der Waals surface area contributed by atoms with Gasteiger partial charge in [0.1, 0.15) is 6.10 Å². The molecule has 2 bridgehead atoms. The molecule has 0 unspecified atom stereocenters. The molecule has 6 heteroatoms. The Bertz CT molecular complexity index is 926. The lowest BCUT2D eigenvalue weighted by Crippen LogP contribution is -2.65. The Labute approximate surface area is 183 Å². The van der Waals surface area contributed by atoms with Crippen molar-refractivity contribution in [3.63, 3.8) is 0 Å². The van der Waals surface area contributed by atoms with Gasteiger partial charge in [-0.1, -0.05) is 39.0 Å². The van der Waals surface area contributed by atoms with Crippen LogP contribution in [0.25, 0.3) is 0 Å². The molecule has 0 saturated heterocycles. The number of esters is 1. The summed E-state index contributed by atoms with van der Waals surface area (Å²) in [4.78, 5) is 26.8. The summed E-state index contributed by atoms with van der Waals surface area (Å²) in [6, 6.07) is 0. The number of allylic oxidation sites excluding steroid dienone is 2. The average molecular weight is 431 g/mol. The zero-order valence-electron chi connectivity index (χ0n) is 19.2. The fourth-order valence-electron chi connectivity index (χ4n) is 6.91. The Kier molecular flexibility index (Phi) is 4.97. The van der Waals surface area contributed by atoms with Crippen molar-refractivity contribution < 1.29 is 29.6 Å². The fraction of sp³-hybridized carbons (Fsp3) is 0.680. The summed E-state index contributed by atoms with van der Waals surface area (Å²) in [5, 5.41) is 33.7. The van der Waals surface area contributed by atoms with Crippen LogP contribution in [-0.2, 0) is 14.3 Å². The lowest BCUT2D eigenvalue weighted by Gasteiger charge is -2.48. The standard InChI is InChI=1S/C25H34O6/c1-7-12(2)22(29)31-21-13(3)10-24-14(4)8-17-18(23(17,5)6)16(20(24)28)9-15(11-26)19(27)25(21,24)30/h7,9-10,14,16-19,21,26-27,30H,8,11H2,1-6H3/b12-7+/t14-,16-,17-,18+,19-,21+,24+,25+/m1/s1. The van der Waals surface area contributed by atoms with Gasteiger partial charge >= 0.3 is 5.97 Å². The summed E-state index contributed by atoms with van der Waals surface area (Å²) in [5.41, 5.74) is -2.36. The number of carbonyl (C=O) groups excluding carboxylic acids is 2. The molecule has 2 fully saturated rings. The van der Waals surface area contributed by atoms with E-state index in [0.717, 1.165) is 6.42 Å². The molecule has 170 valence electrons. The van der Waals surface area contributed by atoms with Crippen LogP contribution in [0.1, 0.15) is 48.0 Å². The molecule has 31 heavy (non-hydrogen) atoms. The molecule has 3 N–H and O–H groups in total. The SMILES string of the molecule is C/C=C(\C)C(=O)O[C@H]1C(C)=C[C@]23C(=O)[C@H](C=C(CO)[C@@H](O)[C@]12O)[C@H]1[C@@H](C[C@H]3C)C1(C)C. The summed E-state index contributed by atoms with van der Waals surface area (Å²) in [6.07, 6.45) is 3.04. The topological polar surface area (TPSA) is 104 Å². The number of aliphatic hydroxyl groups excluding tert-OH is 2. The van der Waals surface area contributed by atoms with Crippen LogP contribution < -0.4 is 0 Å². The van der Waals surface area contributed by atoms with E-state index in [1.165, 1.54) is 0 Å². The van der Waals surface area contributed by atoms with E-state index in [2.05, 4.69) is 13.8 Å². The highest BCUT2D eigenvalue weighted by molar-refractivity contribution is 5.96. The van der Waals surface area contributed by atoms with Gasteiger partial charge in [-0.25, -0.2) is 4.79 Å². The smallest absolute Gasteiger partial charge is 0.334 e. The molecule has 0 amide bonds. The molecule has 2 saturated carbocycles. The maximum Gasteiger partial charge on any atom is 0.334 e. The Morgan fingerprint density at radius 3 is 2.58 bits per heavy atom. The van der Waals surface area contributed by atoms with Gasteiger partial charge in [0, 0.05) is 11.5 Å². The van der Waals surface area contributed by atoms with Gasteiger partial charge in [-0.3, -0.25) is 4.79 Å². The molecular formula is C25H34O6. The first-order valence-electron chi connectivity index (χ1n) is 11.2. The van der Waals surface area contributed by atoms with E-state index < -0.39 is 41.7 Å². The van der Waals surface area contributed by atoms with Crippen molar-refractivity contribution in [3.8, 4) is 0 Å². The highest BCUT2D eigenvalue weighted by Gasteiger charge is 2.76. The third kappa shape index (κ3) is 2.61.